The van der Waals surface area contributed by atoms with Crippen LogP contribution in [0.25, 0.3) is 97.8 Å². The first-order chi connectivity index (χ1) is 22.8. The fourth-order valence-corrected chi connectivity index (χ4v) is 7.91. The summed E-state index contributed by atoms with van der Waals surface area (Å²) >= 11 is 1.79. The highest BCUT2D eigenvalue weighted by Crippen LogP contribution is 2.41. The smallest absolute Gasteiger partial charge is 0.167 e. The molecule has 0 bridgehead atoms. The van der Waals surface area contributed by atoms with Crippen LogP contribution < -0.4 is 0 Å². The number of hydrogen-bond acceptors (Lipinski definition) is 5. The van der Waals surface area contributed by atoms with E-state index in [4.69, 9.17) is 19.4 Å². The van der Waals surface area contributed by atoms with E-state index in [2.05, 4.69) is 140 Å². The van der Waals surface area contributed by atoms with E-state index in [0.29, 0.717) is 17.5 Å². The van der Waals surface area contributed by atoms with Gasteiger partial charge in [0.2, 0.25) is 0 Å². The number of nitrogens with zero attached hydrogens (tertiary/aromatic N) is 3. The van der Waals surface area contributed by atoms with Crippen molar-refractivity contribution in [2.45, 2.75) is 0 Å². The summed E-state index contributed by atoms with van der Waals surface area (Å²) in [4.78, 5) is 15.6. The van der Waals surface area contributed by atoms with Crippen molar-refractivity contribution >= 4 is 75.0 Å². The number of furan rings is 1. The van der Waals surface area contributed by atoms with E-state index in [0.717, 1.165) is 60.2 Å². The number of hydrogen-bond donors (Lipinski definition) is 0. The van der Waals surface area contributed by atoms with Gasteiger partial charge in [0.15, 0.2) is 17.5 Å². The van der Waals surface area contributed by atoms with Crippen LogP contribution in [0.3, 0.4) is 0 Å². The molecule has 0 fully saturated rings. The first-order valence-corrected chi connectivity index (χ1v) is 16.1. The van der Waals surface area contributed by atoms with E-state index in [1.165, 1.54) is 20.2 Å². The Kier molecular flexibility index (Phi) is 5.41. The number of benzene rings is 7. The van der Waals surface area contributed by atoms with Crippen molar-refractivity contribution in [1.82, 2.24) is 15.0 Å². The molecule has 0 aliphatic heterocycles. The topological polar surface area (TPSA) is 51.8 Å². The second-order valence-electron chi connectivity index (χ2n) is 11.6. The average molecular weight is 606 g/mol. The van der Waals surface area contributed by atoms with Gasteiger partial charge in [-0.1, -0.05) is 109 Å². The standard InChI is InChI=1S/C41H23N3OS/c1-2-12-26-23-34-33(22-25(26)11-1)28-16-8-19-32(38(28)45-34)41-43-39(29-17-7-13-24-10-3-4-14-27(24)29)42-40(44-41)31-18-9-21-36-37(31)30-15-5-6-20-35(30)46-36/h1-23H. The van der Waals surface area contributed by atoms with E-state index >= 15 is 0 Å². The highest BCUT2D eigenvalue weighted by Gasteiger charge is 2.20. The van der Waals surface area contributed by atoms with Crippen LogP contribution >= 0.6 is 11.3 Å². The van der Waals surface area contributed by atoms with E-state index in [9.17, 15) is 0 Å². The van der Waals surface area contributed by atoms with Gasteiger partial charge in [0.05, 0.1) is 5.56 Å². The molecule has 0 unspecified atom stereocenters. The molecule has 0 saturated heterocycles. The largest absolute Gasteiger partial charge is 0.455 e. The molecule has 10 rings (SSSR count). The Morgan fingerprint density at radius 1 is 0.413 bits per heavy atom. The molecule has 0 spiro atoms. The van der Waals surface area contributed by atoms with Crippen LogP contribution in [0.5, 0.6) is 0 Å². The van der Waals surface area contributed by atoms with Crippen molar-refractivity contribution in [2.24, 2.45) is 0 Å². The molecule has 0 aliphatic carbocycles. The Hall–Kier alpha value is -5.91. The lowest BCUT2D eigenvalue weighted by atomic mass is 10.0. The van der Waals surface area contributed by atoms with E-state index in [-0.39, 0.29) is 0 Å². The summed E-state index contributed by atoms with van der Waals surface area (Å²) in [5, 5.41) is 9.05. The molecule has 214 valence electrons. The van der Waals surface area contributed by atoms with Gasteiger partial charge in [-0.3, -0.25) is 0 Å². The molecular formula is C41H23N3OS. The molecule has 7 aromatic carbocycles. The lowest BCUT2D eigenvalue weighted by Gasteiger charge is -2.11. The van der Waals surface area contributed by atoms with Gasteiger partial charge in [-0.25, -0.2) is 15.0 Å². The van der Waals surface area contributed by atoms with Crippen molar-refractivity contribution in [2.75, 3.05) is 0 Å². The molecule has 5 heteroatoms. The Morgan fingerprint density at radius 2 is 0.978 bits per heavy atom. The first kappa shape index (κ1) is 25.4. The van der Waals surface area contributed by atoms with Gasteiger partial charge in [-0.2, -0.15) is 0 Å². The lowest BCUT2D eigenvalue weighted by molar-refractivity contribution is 0.670. The van der Waals surface area contributed by atoms with Gasteiger partial charge in [-0.05, 0) is 51.9 Å². The fourth-order valence-electron chi connectivity index (χ4n) is 6.78. The summed E-state index contributed by atoms with van der Waals surface area (Å²) in [6, 6.07) is 48.6. The van der Waals surface area contributed by atoms with E-state index in [1.807, 2.05) is 0 Å². The molecule has 0 radical (unpaired) electrons. The summed E-state index contributed by atoms with van der Waals surface area (Å²) in [6.07, 6.45) is 0. The normalized spacial score (nSPS) is 11.9. The maximum atomic E-state index is 6.62. The highest BCUT2D eigenvalue weighted by molar-refractivity contribution is 7.25. The quantitative estimate of drug-likeness (QED) is 0.201. The summed E-state index contributed by atoms with van der Waals surface area (Å²) in [6.45, 7) is 0. The summed E-state index contributed by atoms with van der Waals surface area (Å²) in [5.74, 6) is 1.85. The lowest BCUT2D eigenvalue weighted by Crippen LogP contribution is -2.01. The zero-order valence-electron chi connectivity index (χ0n) is 24.4. The predicted octanol–water partition coefficient (Wildman–Crippen LogP) is 11.4. The fraction of sp³-hybridized carbons (Fsp3) is 0. The molecule has 0 saturated carbocycles. The number of rotatable bonds is 3. The van der Waals surface area contributed by atoms with Gasteiger partial charge < -0.3 is 4.42 Å². The predicted molar refractivity (Wildman–Crippen MR) is 191 cm³/mol. The molecule has 0 amide bonds. The molecular weight excluding hydrogens is 583 g/mol. The van der Waals surface area contributed by atoms with Crippen molar-refractivity contribution in [3.63, 3.8) is 0 Å². The van der Waals surface area contributed by atoms with Crippen molar-refractivity contribution in [3.05, 3.63) is 140 Å². The third kappa shape index (κ3) is 3.82. The van der Waals surface area contributed by atoms with Crippen LogP contribution in [-0.4, -0.2) is 15.0 Å². The number of thiophene rings is 1. The van der Waals surface area contributed by atoms with Gasteiger partial charge in [0.25, 0.3) is 0 Å². The van der Waals surface area contributed by atoms with Crippen LogP contribution in [0.2, 0.25) is 0 Å². The van der Waals surface area contributed by atoms with Gasteiger partial charge >= 0.3 is 0 Å². The average Bonchev–Trinajstić information content (AvgIpc) is 3.68. The molecule has 0 atom stereocenters. The van der Waals surface area contributed by atoms with Crippen LogP contribution in [0.4, 0.5) is 0 Å². The molecule has 10 aromatic rings. The number of aromatic nitrogens is 3. The zero-order valence-corrected chi connectivity index (χ0v) is 25.3. The van der Waals surface area contributed by atoms with Crippen LogP contribution in [0, 0.1) is 0 Å². The molecule has 3 aromatic heterocycles. The minimum Gasteiger partial charge on any atom is -0.455 e. The maximum Gasteiger partial charge on any atom is 0.167 e. The Morgan fingerprint density at radius 3 is 1.85 bits per heavy atom. The number of para-hydroxylation sites is 1. The molecule has 0 N–H and O–H groups in total. The van der Waals surface area contributed by atoms with Gasteiger partial charge in [-0.15, -0.1) is 11.3 Å². The Bertz CT molecular complexity index is 2820. The highest BCUT2D eigenvalue weighted by atomic mass is 32.1. The second-order valence-corrected chi connectivity index (χ2v) is 12.7. The third-order valence-corrected chi connectivity index (χ3v) is 10.1. The second kappa shape index (κ2) is 9.80. The van der Waals surface area contributed by atoms with Crippen LogP contribution in [0.1, 0.15) is 0 Å². The van der Waals surface area contributed by atoms with Gasteiger partial charge in [0.1, 0.15) is 11.2 Å². The van der Waals surface area contributed by atoms with E-state index < -0.39 is 0 Å². The third-order valence-electron chi connectivity index (χ3n) is 8.92. The molecule has 46 heavy (non-hydrogen) atoms. The number of fused-ring (bicyclic) bond motifs is 8. The molecule has 0 aliphatic rings. The van der Waals surface area contributed by atoms with Gasteiger partial charge in [0, 0.05) is 42.1 Å². The zero-order chi connectivity index (χ0) is 30.2. The maximum absolute atomic E-state index is 6.62. The first-order valence-electron chi connectivity index (χ1n) is 15.3. The Balaban J connectivity index is 1.29. The Labute approximate surface area is 267 Å². The van der Waals surface area contributed by atoms with Crippen molar-refractivity contribution in [3.8, 4) is 34.2 Å². The van der Waals surface area contributed by atoms with Crippen molar-refractivity contribution in [1.29, 1.82) is 0 Å². The monoisotopic (exact) mass is 605 g/mol. The molecule has 4 nitrogen and oxygen atoms in total. The molecule has 3 heterocycles. The summed E-state index contributed by atoms with van der Waals surface area (Å²) in [7, 11) is 0. The summed E-state index contributed by atoms with van der Waals surface area (Å²) < 4.78 is 9.07. The minimum atomic E-state index is 0.582. The van der Waals surface area contributed by atoms with E-state index in [1.54, 1.807) is 11.3 Å². The summed E-state index contributed by atoms with van der Waals surface area (Å²) in [5.41, 5.74) is 4.41. The minimum absolute atomic E-state index is 0.582. The van der Waals surface area contributed by atoms with Crippen molar-refractivity contribution < 1.29 is 4.42 Å². The van der Waals surface area contributed by atoms with Crippen LogP contribution in [0.15, 0.2) is 144 Å². The van der Waals surface area contributed by atoms with Crippen LogP contribution in [-0.2, 0) is 0 Å². The SMILES string of the molecule is c1ccc2cc3c(cc2c1)oc1c(-c2nc(-c4cccc5ccccc45)nc(-c4cccc5sc6ccccc6c45)n2)cccc13.